The highest BCUT2D eigenvalue weighted by Crippen LogP contribution is 2.25. The van der Waals surface area contributed by atoms with E-state index in [0.29, 0.717) is 18.7 Å². The Morgan fingerprint density at radius 3 is 1.81 bits per heavy atom. The Hall–Kier alpha value is -2.41. The van der Waals surface area contributed by atoms with Gasteiger partial charge in [0.25, 0.3) is 0 Å². The SMILES string of the molecule is CC.CCC(=O)NCCO.CCNC.CCc1ccc(-c2ccc(O)c(C)c2)cc1.CO. The van der Waals surface area contributed by atoms with Crippen LogP contribution in [0.15, 0.2) is 42.5 Å². The van der Waals surface area contributed by atoms with Crippen LogP contribution in [0.4, 0.5) is 0 Å². The molecule has 5 N–H and O–H groups in total. The quantitative estimate of drug-likeness (QED) is 0.452. The number of amides is 1. The number of aliphatic hydroxyl groups is 2. The Morgan fingerprint density at radius 1 is 0.938 bits per heavy atom. The third-order valence-electron chi connectivity index (χ3n) is 4.00. The average molecular weight is 451 g/mol. The molecular formula is C26H46N2O4. The zero-order chi connectivity index (χ0) is 25.4. The molecule has 2 aromatic rings. The smallest absolute Gasteiger partial charge is 0.219 e. The van der Waals surface area contributed by atoms with Gasteiger partial charge in [0.15, 0.2) is 0 Å². The number of phenolic OH excluding ortho intramolecular Hbond substituents is 1. The van der Waals surface area contributed by atoms with Crippen LogP contribution in [0.1, 0.15) is 52.2 Å². The summed E-state index contributed by atoms with van der Waals surface area (Å²) in [5, 5.41) is 30.1. The van der Waals surface area contributed by atoms with Crippen molar-refractivity contribution in [3.63, 3.8) is 0 Å². The van der Waals surface area contributed by atoms with Gasteiger partial charge >= 0.3 is 0 Å². The fourth-order valence-corrected chi connectivity index (χ4v) is 2.09. The number of benzene rings is 2. The van der Waals surface area contributed by atoms with Gasteiger partial charge in [-0.25, -0.2) is 0 Å². The largest absolute Gasteiger partial charge is 0.508 e. The second kappa shape index (κ2) is 24.9. The minimum Gasteiger partial charge on any atom is -0.508 e. The molecule has 184 valence electrons. The summed E-state index contributed by atoms with van der Waals surface area (Å²) in [7, 11) is 2.93. The number of hydrogen-bond donors (Lipinski definition) is 5. The lowest BCUT2D eigenvalue weighted by Crippen LogP contribution is -2.25. The van der Waals surface area contributed by atoms with Crippen molar-refractivity contribution in [2.24, 2.45) is 0 Å². The maximum Gasteiger partial charge on any atom is 0.219 e. The van der Waals surface area contributed by atoms with Gasteiger partial charge in [0, 0.05) is 20.1 Å². The molecule has 0 radical (unpaired) electrons. The average Bonchev–Trinajstić information content (AvgIpc) is 2.87. The maximum absolute atomic E-state index is 10.3. The topological polar surface area (TPSA) is 102 Å². The molecule has 32 heavy (non-hydrogen) atoms. The van der Waals surface area contributed by atoms with Crippen LogP contribution < -0.4 is 10.6 Å². The molecule has 0 fully saturated rings. The van der Waals surface area contributed by atoms with Crippen molar-refractivity contribution >= 4 is 5.91 Å². The van der Waals surface area contributed by atoms with E-state index in [2.05, 4.69) is 48.7 Å². The standard InChI is InChI=1S/C15H16O.C5H11NO2.C3H9N.C2H6.CH4O/c1-3-12-4-6-13(7-5-12)14-8-9-15(16)11(2)10-14;1-2-5(8)6-3-4-7;1-3-4-2;2*1-2/h4-10,16H,3H2,1-2H3;7H,2-4H2,1H3,(H,6,8);4H,3H2,1-2H3;1-2H3;2H,1H3. The Bertz CT molecular complexity index is 672. The van der Waals surface area contributed by atoms with Crippen molar-refractivity contribution in [3.8, 4) is 16.9 Å². The molecule has 2 rings (SSSR count). The molecule has 1 amide bonds. The number of aliphatic hydroxyl groups excluding tert-OH is 2. The van der Waals surface area contributed by atoms with E-state index in [0.717, 1.165) is 31.2 Å². The predicted octanol–water partition coefficient (Wildman–Crippen LogP) is 4.30. The van der Waals surface area contributed by atoms with Gasteiger partial charge in [-0.05, 0) is 61.3 Å². The van der Waals surface area contributed by atoms with Crippen LogP contribution in [0.3, 0.4) is 0 Å². The number of nitrogens with one attached hydrogen (secondary N) is 2. The van der Waals surface area contributed by atoms with Gasteiger partial charge in [-0.2, -0.15) is 0 Å². The van der Waals surface area contributed by atoms with Crippen LogP contribution >= 0.6 is 0 Å². The lowest BCUT2D eigenvalue weighted by atomic mass is 10.0. The summed E-state index contributed by atoms with van der Waals surface area (Å²) < 4.78 is 0. The summed E-state index contributed by atoms with van der Waals surface area (Å²) in [6.45, 7) is 13.4. The first kappa shape index (κ1) is 34.2. The van der Waals surface area contributed by atoms with Crippen LogP contribution in [0.5, 0.6) is 5.75 Å². The number of phenols is 1. The molecule has 0 unspecified atom stereocenters. The Kier molecular flexibility index (Phi) is 26.6. The molecule has 0 aliphatic heterocycles. The summed E-state index contributed by atoms with van der Waals surface area (Å²) in [6.07, 6.45) is 1.55. The van der Waals surface area contributed by atoms with Gasteiger partial charge in [-0.3, -0.25) is 4.79 Å². The minimum atomic E-state index is -0.0148. The second-order valence-corrected chi connectivity index (χ2v) is 6.19. The molecule has 0 aromatic heterocycles. The minimum absolute atomic E-state index is 0.0148. The van der Waals surface area contributed by atoms with E-state index >= 15 is 0 Å². The van der Waals surface area contributed by atoms with Crippen LogP contribution in [-0.2, 0) is 11.2 Å². The second-order valence-electron chi connectivity index (χ2n) is 6.19. The molecule has 6 nitrogen and oxygen atoms in total. The lowest BCUT2D eigenvalue weighted by Gasteiger charge is -2.05. The van der Waals surface area contributed by atoms with Crippen molar-refractivity contribution in [2.45, 2.75) is 54.4 Å². The summed E-state index contributed by atoms with van der Waals surface area (Å²) in [6, 6.07) is 14.3. The van der Waals surface area contributed by atoms with Crippen LogP contribution in [0, 0.1) is 6.92 Å². The monoisotopic (exact) mass is 450 g/mol. The van der Waals surface area contributed by atoms with Crippen molar-refractivity contribution in [2.75, 3.05) is 33.9 Å². The van der Waals surface area contributed by atoms with E-state index in [1.54, 1.807) is 13.0 Å². The molecule has 0 spiro atoms. The number of aromatic hydroxyl groups is 1. The van der Waals surface area contributed by atoms with E-state index in [-0.39, 0.29) is 12.5 Å². The maximum atomic E-state index is 10.3. The van der Waals surface area contributed by atoms with E-state index in [1.807, 2.05) is 40.0 Å². The summed E-state index contributed by atoms with van der Waals surface area (Å²) in [4.78, 5) is 10.3. The van der Waals surface area contributed by atoms with Crippen LogP contribution in [0.2, 0.25) is 0 Å². The molecule has 0 atom stereocenters. The summed E-state index contributed by atoms with van der Waals surface area (Å²) >= 11 is 0. The first-order chi connectivity index (χ1) is 15.4. The molecule has 0 saturated heterocycles. The van der Waals surface area contributed by atoms with E-state index in [9.17, 15) is 9.90 Å². The summed E-state index contributed by atoms with van der Waals surface area (Å²) in [5.41, 5.74) is 4.61. The molecule has 0 heterocycles. The van der Waals surface area contributed by atoms with Gasteiger partial charge < -0.3 is 26.0 Å². The Balaban J connectivity index is -0.000000443. The number of aryl methyl sites for hydroxylation is 2. The molecule has 0 aliphatic rings. The van der Waals surface area contributed by atoms with Gasteiger partial charge in [0.1, 0.15) is 5.75 Å². The lowest BCUT2D eigenvalue weighted by molar-refractivity contribution is -0.120. The van der Waals surface area contributed by atoms with Gasteiger partial charge in [0.05, 0.1) is 6.61 Å². The first-order valence-electron chi connectivity index (χ1n) is 11.3. The molecule has 6 heteroatoms. The van der Waals surface area contributed by atoms with Crippen molar-refractivity contribution < 1.29 is 20.1 Å². The third-order valence-corrected chi connectivity index (χ3v) is 4.00. The van der Waals surface area contributed by atoms with Crippen LogP contribution in [0.25, 0.3) is 11.1 Å². The number of hydrogen-bond acceptors (Lipinski definition) is 5. The van der Waals surface area contributed by atoms with Gasteiger partial charge in [0.2, 0.25) is 5.91 Å². The number of rotatable bonds is 6. The van der Waals surface area contributed by atoms with Crippen molar-refractivity contribution in [1.82, 2.24) is 10.6 Å². The molecule has 0 saturated carbocycles. The van der Waals surface area contributed by atoms with Crippen molar-refractivity contribution in [1.29, 1.82) is 0 Å². The van der Waals surface area contributed by atoms with E-state index in [1.165, 1.54) is 11.1 Å². The highest BCUT2D eigenvalue weighted by molar-refractivity contribution is 5.75. The normalized spacial score (nSPS) is 8.69. The zero-order valence-corrected chi connectivity index (χ0v) is 21.3. The summed E-state index contributed by atoms with van der Waals surface area (Å²) in [5.74, 6) is 0.341. The molecule has 0 bridgehead atoms. The number of carbonyl (C=O) groups is 1. The van der Waals surface area contributed by atoms with Gasteiger partial charge in [-0.15, -0.1) is 0 Å². The fourth-order valence-electron chi connectivity index (χ4n) is 2.09. The highest BCUT2D eigenvalue weighted by Gasteiger charge is 2.01. The van der Waals surface area contributed by atoms with Crippen LogP contribution in [-0.4, -0.2) is 55.1 Å². The fraction of sp³-hybridized carbons (Fsp3) is 0.500. The van der Waals surface area contributed by atoms with Gasteiger partial charge in [-0.1, -0.05) is 65.0 Å². The van der Waals surface area contributed by atoms with E-state index in [4.69, 9.17) is 10.2 Å². The molecule has 0 aliphatic carbocycles. The predicted molar refractivity (Wildman–Crippen MR) is 137 cm³/mol. The molecule has 2 aromatic carbocycles. The van der Waals surface area contributed by atoms with Crippen molar-refractivity contribution in [3.05, 3.63) is 53.6 Å². The first-order valence-corrected chi connectivity index (χ1v) is 11.3. The highest BCUT2D eigenvalue weighted by atomic mass is 16.3. The Morgan fingerprint density at radius 2 is 1.44 bits per heavy atom. The Labute approximate surface area is 195 Å². The molecular weight excluding hydrogens is 404 g/mol. The third kappa shape index (κ3) is 17.3. The number of carbonyl (C=O) groups excluding carboxylic acids is 1. The zero-order valence-electron chi connectivity index (χ0n) is 21.3. The van der Waals surface area contributed by atoms with E-state index < -0.39 is 0 Å².